The van der Waals surface area contributed by atoms with Gasteiger partial charge in [0.1, 0.15) is 0 Å². The van der Waals surface area contributed by atoms with Crippen molar-refractivity contribution in [2.45, 2.75) is 164 Å². The van der Waals surface area contributed by atoms with Crippen molar-refractivity contribution in [2.75, 3.05) is 0 Å². The van der Waals surface area contributed by atoms with Gasteiger partial charge in [0.05, 0.1) is 0 Å². The minimum atomic E-state index is 0.0549. The van der Waals surface area contributed by atoms with Gasteiger partial charge in [0.25, 0.3) is 0 Å². The summed E-state index contributed by atoms with van der Waals surface area (Å²) in [6, 6.07) is 9.79. The number of rotatable bonds is 2. The Morgan fingerprint density at radius 1 is 0.324 bits per heavy atom. The van der Waals surface area contributed by atoms with Crippen LogP contribution in [0.3, 0.4) is 0 Å². The molecular weight excluding hydrogens is 444 g/mol. The standard InChI is InChI=1S/C37H60/c1-32(2,3)26-21-19-24(28(34(7,8)9)30(26)36(13,14)15)23-25-20-22-27(33(4,5)6)31(37(16,17)18)29(25)35(10,11)12/h19-22H,23H2,1-18H3. The molecule has 37 heavy (non-hydrogen) atoms. The van der Waals surface area contributed by atoms with E-state index >= 15 is 0 Å². The maximum atomic E-state index is 2.46. The smallest absolute Gasteiger partial charge is 0.00197 e. The van der Waals surface area contributed by atoms with Crippen LogP contribution in [0.1, 0.15) is 169 Å². The molecule has 0 N–H and O–H groups in total. The molecule has 0 aliphatic rings. The second-order valence-corrected chi connectivity index (χ2v) is 17.7. The molecule has 0 heterocycles. The summed E-state index contributed by atoms with van der Waals surface area (Å²) in [5.74, 6) is 0. The van der Waals surface area contributed by atoms with Gasteiger partial charge in [-0.3, -0.25) is 0 Å². The highest BCUT2D eigenvalue weighted by Crippen LogP contribution is 2.46. The number of benzene rings is 2. The highest BCUT2D eigenvalue weighted by Gasteiger charge is 2.36. The van der Waals surface area contributed by atoms with Crippen molar-refractivity contribution in [1.29, 1.82) is 0 Å². The van der Waals surface area contributed by atoms with Crippen LogP contribution in [0.4, 0.5) is 0 Å². The van der Waals surface area contributed by atoms with E-state index in [4.69, 9.17) is 0 Å². The molecule has 0 aromatic heterocycles. The molecule has 0 saturated heterocycles. The van der Waals surface area contributed by atoms with Crippen LogP contribution >= 0.6 is 0 Å². The lowest BCUT2D eigenvalue weighted by Gasteiger charge is -2.39. The summed E-state index contributed by atoms with van der Waals surface area (Å²) in [5, 5.41) is 0. The molecule has 0 nitrogen and oxygen atoms in total. The van der Waals surface area contributed by atoms with Crippen molar-refractivity contribution in [3.8, 4) is 0 Å². The molecule has 0 saturated carbocycles. The van der Waals surface area contributed by atoms with E-state index in [0.29, 0.717) is 0 Å². The zero-order chi connectivity index (χ0) is 29.2. The minimum absolute atomic E-state index is 0.0549. The van der Waals surface area contributed by atoms with Crippen molar-refractivity contribution in [1.82, 2.24) is 0 Å². The van der Waals surface area contributed by atoms with Gasteiger partial charge in [0.2, 0.25) is 0 Å². The second-order valence-electron chi connectivity index (χ2n) is 17.7. The Kier molecular flexibility index (Phi) is 8.19. The predicted octanol–water partition coefficient (Wildman–Crippen LogP) is 11.1. The SMILES string of the molecule is CC(C)(C)c1ccc(Cc2ccc(C(C)(C)C)c(C(C)(C)C)c2C(C)(C)C)c(C(C)(C)C)c1C(C)(C)C. The quantitative estimate of drug-likeness (QED) is 0.381. The Morgan fingerprint density at radius 3 is 0.757 bits per heavy atom. The van der Waals surface area contributed by atoms with Crippen molar-refractivity contribution in [3.05, 3.63) is 68.8 Å². The first-order valence-electron chi connectivity index (χ1n) is 14.5. The normalized spacial score (nSPS) is 14.3. The van der Waals surface area contributed by atoms with E-state index in [9.17, 15) is 0 Å². The molecular formula is C37H60. The largest absolute Gasteiger partial charge is 0.0581 e. The maximum absolute atomic E-state index is 2.46. The molecule has 208 valence electrons. The highest BCUT2D eigenvalue weighted by atomic mass is 14.4. The van der Waals surface area contributed by atoms with Gasteiger partial charge in [-0.05, 0) is 83.4 Å². The molecule has 2 rings (SSSR count). The Hall–Kier alpha value is -1.56. The van der Waals surface area contributed by atoms with Crippen molar-refractivity contribution >= 4 is 0 Å². The van der Waals surface area contributed by atoms with Crippen LogP contribution in [-0.4, -0.2) is 0 Å². The van der Waals surface area contributed by atoms with E-state index in [-0.39, 0.29) is 32.5 Å². The summed E-state index contributed by atoms with van der Waals surface area (Å²) in [6.45, 7) is 43.0. The highest BCUT2D eigenvalue weighted by molar-refractivity contribution is 5.56. The van der Waals surface area contributed by atoms with Crippen LogP contribution in [-0.2, 0) is 38.9 Å². The molecule has 0 unspecified atom stereocenters. The van der Waals surface area contributed by atoms with Gasteiger partial charge in [-0.15, -0.1) is 0 Å². The van der Waals surface area contributed by atoms with Gasteiger partial charge in [0, 0.05) is 0 Å². The third kappa shape index (κ3) is 6.91. The number of hydrogen-bond donors (Lipinski definition) is 0. The Labute approximate surface area is 232 Å². The third-order valence-corrected chi connectivity index (χ3v) is 7.58. The topological polar surface area (TPSA) is 0 Å². The van der Waals surface area contributed by atoms with Gasteiger partial charge in [-0.1, -0.05) is 149 Å². The van der Waals surface area contributed by atoms with Crippen molar-refractivity contribution < 1.29 is 0 Å². The average Bonchev–Trinajstić information content (AvgIpc) is 2.62. The van der Waals surface area contributed by atoms with E-state index in [1.807, 2.05) is 0 Å². The van der Waals surface area contributed by atoms with E-state index < -0.39 is 0 Å². The van der Waals surface area contributed by atoms with Gasteiger partial charge in [0.15, 0.2) is 0 Å². The summed E-state index contributed by atoms with van der Waals surface area (Å²) in [4.78, 5) is 0. The minimum Gasteiger partial charge on any atom is -0.0581 e. The van der Waals surface area contributed by atoms with Gasteiger partial charge in [-0.2, -0.15) is 0 Å². The summed E-state index contributed by atoms with van der Waals surface area (Å²) in [5.41, 5.74) is 12.6. The molecule has 2 aromatic carbocycles. The lowest BCUT2D eigenvalue weighted by atomic mass is 9.65. The lowest BCUT2D eigenvalue weighted by molar-refractivity contribution is 0.491. The van der Waals surface area contributed by atoms with Gasteiger partial charge in [-0.25, -0.2) is 0 Å². The van der Waals surface area contributed by atoms with Crippen LogP contribution in [0.2, 0.25) is 0 Å². The summed E-state index contributed by atoms with van der Waals surface area (Å²) in [7, 11) is 0. The molecule has 0 aliphatic carbocycles. The zero-order valence-corrected chi connectivity index (χ0v) is 28.0. The van der Waals surface area contributed by atoms with E-state index in [1.54, 1.807) is 22.3 Å². The van der Waals surface area contributed by atoms with E-state index in [0.717, 1.165) is 6.42 Å². The van der Waals surface area contributed by atoms with Crippen LogP contribution in [0.5, 0.6) is 0 Å². The number of hydrogen-bond acceptors (Lipinski definition) is 0. The first-order valence-corrected chi connectivity index (χ1v) is 14.5. The first kappa shape index (κ1) is 31.7. The molecule has 2 aromatic rings. The molecule has 0 atom stereocenters. The lowest BCUT2D eigenvalue weighted by Crippen LogP contribution is -2.31. The van der Waals surface area contributed by atoms with Crippen molar-refractivity contribution in [2.24, 2.45) is 0 Å². The molecule has 0 amide bonds. The Bertz CT molecular complexity index is 1020. The Balaban J connectivity index is 3.05. The fourth-order valence-corrected chi connectivity index (χ4v) is 6.31. The molecule has 0 radical (unpaired) electrons. The van der Waals surface area contributed by atoms with Crippen LogP contribution in [0.25, 0.3) is 0 Å². The fraction of sp³-hybridized carbons (Fsp3) is 0.676. The van der Waals surface area contributed by atoms with Crippen LogP contribution in [0, 0.1) is 0 Å². The van der Waals surface area contributed by atoms with Crippen LogP contribution < -0.4 is 0 Å². The van der Waals surface area contributed by atoms with Crippen molar-refractivity contribution in [3.63, 3.8) is 0 Å². The molecule has 0 fully saturated rings. The third-order valence-electron chi connectivity index (χ3n) is 7.58. The van der Waals surface area contributed by atoms with E-state index in [1.165, 1.54) is 22.3 Å². The van der Waals surface area contributed by atoms with Gasteiger partial charge < -0.3 is 0 Å². The van der Waals surface area contributed by atoms with Gasteiger partial charge >= 0.3 is 0 Å². The first-order chi connectivity index (χ1) is 16.2. The maximum Gasteiger partial charge on any atom is -0.00197 e. The summed E-state index contributed by atoms with van der Waals surface area (Å²) < 4.78 is 0. The molecule has 0 spiro atoms. The predicted molar refractivity (Wildman–Crippen MR) is 168 cm³/mol. The second kappa shape index (κ2) is 9.57. The zero-order valence-electron chi connectivity index (χ0n) is 28.0. The molecule has 0 bridgehead atoms. The van der Waals surface area contributed by atoms with E-state index in [2.05, 4.69) is 149 Å². The fourth-order valence-electron chi connectivity index (χ4n) is 6.31. The monoisotopic (exact) mass is 504 g/mol. The molecule has 0 heteroatoms. The molecule has 0 aliphatic heterocycles. The summed E-state index contributed by atoms with van der Waals surface area (Å²) >= 11 is 0. The van der Waals surface area contributed by atoms with Crippen LogP contribution in [0.15, 0.2) is 24.3 Å². The Morgan fingerprint density at radius 2 is 0.568 bits per heavy atom. The summed E-state index contributed by atoms with van der Waals surface area (Å²) in [6.07, 6.45) is 0.972. The average molecular weight is 505 g/mol.